The van der Waals surface area contributed by atoms with Gasteiger partial charge in [-0.3, -0.25) is 4.79 Å². The zero-order chi connectivity index (χ0) is 11.8. The molecule has 4 heteroatoms. The van der Waals surface area contributed by atoms with E-state index in [1.54, 1.807) is 0 Å². The van der Waals surface area contributed by atoms with Crippen LogP contribution in [0.25, 0.3) is 0 Å². The molecule has 4 nitrogen and oxygen atoms in total. The fourth-order valence-corrected chi connectivity index (χ4v) is 2.44. The predicted molar refractivity (Wildman–Crippen MR) is 62.3 cm³/mol. The number of unbranched alkanes of at least 4 members (excludes halogenated alkanes) is 1. The van der Waals surface area contributed by atoms with Crippen LogP contribution in [0.3, 0.4) is 0 Å². The number of hydrogen-bond acceptors (Lipinski definition) is 3. The second kappa shape index (κ2) is 7.63. The minimum Gasteiger partial charge on any atom is -0.481 e. The molecule has 0 saturated heterocycles. The van der Waals surface area contributed by atoms with Crippen LogP contribution in [0, 0.1) is 11.8 Å². The first-order valence-electron chi connectivity index (χ1n) is 6.27. The van der Waals surface area contributed by atoms with Crippen molar-refractivity contribution in [3.8, 4) is 0 Å². The molecule has 0 aliphatic heterocycles. The third-order valence-corrected chi connectivity index (χ3v) is 3.45. The number of rotatable bonds is 8. The van der Waals surface area contributed by atoms with Crippen LogP contribution in [-0.4, -0.2) is 35.9 Å². The summed E-state index contributed by atoms with van der Waals surface area (Å²) in [5, 5.41) is 21.0. The number of aliphatic hydroxyl groups excluding tert-OH is 1. The molecule has 0 amide bonds. The van der Waals surface area contributed by atoms with E-state index in [1.807, 2.05) is 0 Å². The van der Waals surface area contributed by atoms with Crippen molar-refractivity contribution in [3.63, 3.8) is 0 Å². The standard InChI is InChI=1S/C12H23NO3/c14-9-11-5-3-4-10(11)8-13-7-2-1-6-12(15)16/h10-11,13-14H,1-9H2,(H,15,16). The summed E-state index contributed by atoms with van der Waals surface area (Å²) in [5.74, 6) is 0.382. The molecule has 1 fully saturated rings. The van der Waals surface area contributed by atoms with Crippen LogP contribution in [0.15, 0.2) is 0 Å². The van der Waals surface area contributed by atoms with Crippen molar-refractivity contribution >= 4 is 5.97 Å². The third kappa shape index (κ3) is 4.94. The van der Waals surface area contributed by atoms with Crippen LogP contribution in [0.5, 0.6) is 0 Å². The zero-order valence-electron chi connectivity index (χ0n) is 9.82. The number of aliphatic hydroxyl groups is 1. The van der Waals surface area contributed by atoms with E-state index in [0.717, 1.165) is 32.4 Å². The van der Waals surface area contributed by atoms with Gasteiger partial charge in [-0.1, -0.05) is 6.42 Å². The van der Waals surface area contributed by atoms with Gasteiger partial charge in [0.2, 0.25) is 0 Å². The summed E-state index contributed by atoms with van der Waals surface area (Å²) in [5.41, 5.74) is 0. The Labute approximate surface area is 97.0 Å². The Morgan fingerprint density at radius 3 is 2.69 bits per heavy atom. The summed E-state index contributed by atoms with van der Waals surface area (Å²) in [6.07, 6.45) is 5.54. The Bertz CT molecular complexity index is 208. The first-order valence-corrected chi connectivity index (χ1v) is 6.27. The smallest absolute Gasteiger partial charge is 0.303 e. The number of carboxylic acids is 1. The van der Waals surface area contributed by atoms with Crippen molar-refractivity contribution in [2.24, 2.45) is 11.8 Å². The van der Waals surface area contributed by atoms with Gasteiger partial charge in [0.15, 0.2) is 0 Å². The summed E-state index contributed by atoms with van der Waals surface area (Å²) >= 11 is 0. The monoisotopic (exact) mass is 229 g/mol. The molecule has 3 N–H and O–H groups in total. The van der Waals surface area contributed by atoms with Crippen molar-refractivity contribution in [2.75, 3.05) is 19.7 Å². The predicted octanol–water partition coefficient (Wildman–Crippen LogP) is 1.24. The molecule has 1 rings (SSSR count). The molecule has 2 unspecified atom stereocenters. The van der Waals surface area contributed by atoms with E-state index in [9.17, 15) is 4.79 Å². The van der Waals surface area contributed by atoms with Gasteiger partial charge < -0.3 is 15.5 Å². The summed E-state index contributed by atoms with van der Waals surface area (Å²) < 4.78 is 0. The van der Waals surface area contributed by atoms with Crippen LogP contribution < -0.4 is 5.32 Å². The molecule has 2 atom stereocenters. The maximum atomic E-state index is 10.3. The molecular formula is C12H23NO3. The van der Waals surface area contributed by atoms with Crippen LogP contribution in [0.4, 0.5) is 0 Å². The van der Waals surface area contributed by atoms with Gasteiger partial charge in [-0.15, -0.1) is 0 Å². The topological polar surface area (TPSA) is 69.6 Å². The molecule has 94 valence electrons. The van der Waals surface area contributed by atoms with Crippen molar-refractivity contribution in [1.29, 1.82) is 0 Å². The lowest BCUT2D eigenvalue weighted by Crippen LogP contribution is -2.27. The Balaban J connectivity index is 1.96. The minimum absolute atomic E-state index is 0.268. The second-order valence-corrected chi connectivity index (χ2v) is 4.69. The average Bonchev–Trinajstić information content (AvgIpc) is 2.70. The highest BCUT2D eigenvalue weighted by Gasteiger charge is 2.25. The van der Waals surface area contributed by atoms with Crippen LogP contribution >= 0.6 is 0 Å². The Morgan fingerprint density at radius 1 is 1.25 bits per heavy atom. The number of carbonyl (C=O) groups is 1. The van der Waals surface area contributed by atoms with Crippen molar-refractivity contribution in [1.82, 2.24) is 5.32 Å². The Hall–Kier alpha value is -0.610. The van der Waals surface area contributed by atoms with Gasteiger partial charge in [0.05, 0.1) is 0 Å². The second-order valence-electron chi connectivity index (χ2n) is 4.69. The molecule has 16 heavy (non-hydrogen) atoms. The van der Waals surface area contributed by atoms with E-state index in [-0.39, 0.29) is 6.42 Å². The van der Waals surface area contributed by atoms with Gasteiger partial charge in [0, 0.05) is 13.0 Å². The lowest BCUT2D eigenvalue weighted by atomic mass is 9.97. The van der Waals surface area contributed by atoms with Gasteiger partial charge in [-0.25, -0.2) is 0 Å². The summed E-state index contributed by atoms with van der Waals surface area (Å²) in [4.78, 5) is 10.3. The lowest BCUT2D eigenvalue weighted by Gasteiger charge is -2.17. The van der Waals surface area contributed by atoms with E-state index in [2.05, 4.69) is 5.32 Å². The number of nitrogens with one attached hydrogen (secondary N) is 1. The molecule has 0 radical (unpaired) electrons. The molecule has 1 saturated carbocycles. The average molecular weight is 229 g/mol. The molecule has 0 aromatic heterocycles. The van der Waals surface area contributed by atoms with Gasteiger partial charge in [-0.2, -0.15) is 0 Å². The van der Waals surface area contributed by atoms with Crippen molar-refractivity contribution in [2.45, 2.75) is 38.5 Å². The molecular weight excluding hydrogens is 206 g/mol. The Kier molecular flexibility index (Phi) is 6.42. The largest absolute Gasteiger partial charge is 0.481 e. The molecule has 0 spiro atoms. The minimum atomic E-state index is -0.712. The highest BCUT2D eigenvalue weighted by molar-refractivity contribution is 5.66. The summed E-state index contributed by atoms with van der Waals surface area (Å²) in [6.45, 7) is 2.17. The Morgan fingerprint density at radius 2 is 2.00 bits per heavy atom. The highest BCUT2D eigenvalue weighted by atomic mass is 16.4. The first-order chi connectivity index (χ1) is 7.74. The SMILES string of the molecule is O=C(O)CCCCNCC1CCCC1CO. The summed E-state index contributed by atoms with van der Waals surface area (Å²) in [7, 11) is 0. The van der Waals surface area contributed by atoms with E-state index in [1.165, 1.54) is 12.8 Å². The molecule has 1 aliphatic rings. The fourth-order valence-electron chi connectivity index (χ4n) is 2.44. The third-order valence-electron chi connectivity index (χ3n) is 3.45. The van der Waals surface area contributed by atoms with Crippen LogP contribution in [-0.2, 0) is 4.79 Å². The van der Waals surface area contributed by atoms with E-state index in [4.69, 9.17) is 10.2 Å². The zero-order valence-corrected chi connectivity index (χ0v) is 9.82. The van der Waals surface area contributed by atoms with E-state index >= 15 is 0 Å². The molecule has 0 bridgehead atoms. The van der Waals surface area contributed by atoms with Gasteiger partial charge in [0.25, 0.3) is 0 Å². The molecule has 1 aliphatic carbocycles. The normalized spacial score (nSPS) is 24.8. The van der Waals surface area contributed by atoms with Gasteiger partial charge >= 0.3 is 5.97 Å². The highest BCUT2D eigenvalue weighted by Crippen LogP contribution is 2.30. The van der Waals surface area contributed by atoms with Crippen molar-refractivity contribution in [3.05, 3.63) is 0 Å². The van der Waals surface area contributed by atoms with Crippen molar-refractivity contribution < 1.29 is 15.0 Å². The van der Waals surface area contributed by atoms with Crippen LogP contribution in [0.2, 0.25) is 0 Å². The molecule has 0 aromatic carbocycles. The molecule has 0 heterocycles. The van der Waals surface area contributed by atoms with Gasteiger partial charge in [0.1, 0.15) is 0 Å². The number of hydrogen-bond donors (Lipinski definition) is 3. The number of aliphatic carboxylic acids is 1. The van der Waals surface area contributed by atoms with E-state index < -0.39 is 5.97 Å². The maximum Gasteiger partial charge on any atom is 0.303 e. The fraction of sp³-hybridized carbons (Fsp3) is 0.917. The van der Waals surface area contributed by atoms with E-state index in [0.29, 0.717) is 18.4 Å². The summed E-state index contributed by atoms with van der Waals surface area (Å²) in [6, 6.07) is 0. The first kappa shape index (κ1) is 13.5. The maximum absolute atomic E-state index is 10.3. The molecule has 0 aromatic rings. The quantitative estimate of drug-likeness (QED) is 0.548. The van der Waals surface area contributed by atoms with Gasteiger partial charge in [-0.05, 0) is 50.6 Å². The van der Waals surface area contributed by atoms with Crippen LogP contribution in [0.1, 0.15) is 38.5 Å². The lowest BCUT2D eigenvalue weighted by molar-refractivity contribution is -0.137. The number of carboxylic acid groups (broad SMARTS) is 1.